The fourth-order valence-electron chi connectivity index (χ4n) is 5.01. The van der Waals surface area contributed by atoms with Gasteiger partial charge in [0.05, 0.1) is 40.6 Å². The smallest absolute Gasteiger partial charge is 0.191 e. The van der Waals surface area contributed by atoms with Gasteiger partial charge in [0.15, 0.2) is 21.9 Å². The molecule has 2 aromatic heterocycles. The number of hydrogen-bond acceptors (Lipinski definition) is 15. The van der Waals surface area contributed by atoms with Crippen molar-refractivity contribution in [3.05, 3.63) is 73.2 Å². The fraction of sp³-hybridized carbons (Fsp3) is 0.400. The van der Waals surface area contributed by atoms with Crippen molar-refractivity contribution in [2.75, 3.05) is 107 Å². The molecule has 0 atom stereocenters. The predicted molar refractivity (Wildman–Crippen MR) is 205 cm³/mol. The van der Waals surface area contributed by atoms with Gasteiger partial charge in [-0.3, -0.25) is 0 Å². The number of hydrogen-bond donors (Lipinski definition) is 3. The number of nitrogen functional groups attached to an aromatic ring is 1. The molecule has 6 rings (SSSR count). The number of nitrogens with one attached hydrogen (secondary N) is 2. The number of morpholine rings is 2. The minimum Gasteiger partial charge on any atom is -0.497 e. The van der Waals surface area contributed by atoms with Crippen LogP contribution in [0.15, 0.2) is 64.9 Å². The molecule has 4 heterocycles. The van der Waals surface area contributed by atoms with E-state index in [0.29, 0.717) is 29.9 Å². The summed E-state index contributed by atoms with van der Waals surface area (Å²) in [4.78, 5) is 22.9. The normalized spacial score (nSPS) is 13.9. The van der Waals surface area contributed by atoms with Gasteiger partial charge < -0.3 is 52.5 Å². The Morgan fingerprint density at radius 3 is 1.67 bits per heavy atom. The van der Waals surface area contributed by atoms with Crippen molar-refractivity contribution in [1.82, 2.24) is 19.9 Å². The van der Waals surface area contributed by atoms with E-state index >= 15 is 0 Å². The first-order valence-electron chi connectivity index (χ1n) is 16.1. The van der Waals surface area contributed by atoms with Crippen LogP contribution in [-0.2, 0) is 41.4 Å². The second kappa shape index (κ2) is 21.8. The summed E-state index contributed by atoms with van der Waals surface area (Å²) in [5.41, 5.74) is 9.22. The summed E-state index contributed by atoms with van der Waals surface area (Å²) >= 11 is 3.22. The van der Waals surface area contributed by atoms with E-state index in [2.05, 4.69) is 47.5 Å². The maximum atomic E-state index is 6.24. The molecule has 2 saturated heterocycles. The third-order valence-electron chi connectivity index (χ3n) is 7.79. The molecular weight excluding hydrogens is 781 g/mol. The Bertz CT molecular complexity index is 1610. The number of benzene rings is 2. The number of aromatic nitrogens is 4. The quantitative estimate of drug-likeness (QED) is 0.0731. The summed E-state index contributed by atoms with van der Waals surface area (Å²) in [5.74, 6) is 6.54. The van der Waals surface area contributed by atoms with Crippen LogP contribution < -0.4 is 35.6 Å². The molecule has 51 heavy (non-hydrogen) atoms. The number of nitrogens with two attached hydrogens (primary N) is 1. The van der Waals surface area contributed by atoms with Gasteiger partial charge in [-0.15, -0.1) is 0 Å². The summed E-state index contributed by atoms with van der Waals surface area (Å²) in [5, 5.41) is 7.67. The van der Waals surface area contributed by atoms with Gasteiger partial charge in [-0.05, 0) is 35.4 Å². The largest absolute Gasteiger partial charge is 0.497 e. The van der Waals surface area contributed by atoms with Crippen LogP contribution in [0.25, 0.3) is 0 Å². The maximum absolute atomic E-state index is 6.24. The zero-order valence-electron chi connectivity index (χ0n) is 29.8. The third kappa shape index (κ3) is 12.3. The number of rotatable bonds is 12. The van der Waals surface area contributed by atoms with E-state index < -0.39 is 0 Å². The van der Waals surface area contributed by atoms with Crippen LogP contribution in [0.4, 0.5) is 29.0 Å². The number of ether oxygens (including phenoxy) is 4. The standard InChI is InChI=1S/C17H23N5O2S.C17H22N4O2S.CH3.Pd/c1-19-15-14(18)16(22-7-9-24-10-8-22)21-17(20-15)25-11-12-3-5-13(23-2)6-4-12;1-18-15-11-16(21-7-9-23-10-8-21)20-17(19-15)24-12-13-3-5-14(22-2)6-4-13;;/h3-6H,7-11,18H2,1-2H3,(H,19,20,21);3-6,11H,7-10,12H2,1-2H3,(H,18,19,20);1H3;/q;;-1;. The van der Waals surface area contributed by atoms with Gasteiger partial charge in [-0.2, -0.15) is 0 Å². The molecule has 2 aliphatic rings. The van der Waals surface area contributed by atoms with Gasteiger partial charge in [-0.1, -0.05) is 47.8 Å². The van der Waals surface area contributed by atoms with Crippen molar-refractivity contribution in [3.8, 4) is 11.5 Å². The van der Waals surface area contributed by atoms with Crippen LogP contribution in [-0.4, -0.2) is 101 Å². The monoisotopic (exact) mass is 828 g/mol. The first-order chi connectivity index (χ1) is 24.0. The topological polar surface area (TPSA) is 145 Å². The zero-order valence-corrected chi connectivity index (χ0v) is 33.0. The Morgan fingerprint density at radius 2 is 1.20 bits per heavy atom. The summed E-state index contributed by atoms with van der Waals surface area (Å²) in [6.07, 6.45) is 0. The predicted octanol–water partition coefficient (Wildman–Crippen LogP) is 5.34. The molecule has 2 fully saturated rings. The number of thioether (sulfide) groups is 2. The van der Waals surface area contributed by atoms with Gasteiger partial charge in [0, 0.05) is 78.3 Å². The Morgan fingerprint density at radius 1 is 0.706 bits per heavy atom. The van der Waals surface area contributed by atoms with Crippen molar-refractivity contribution in [3.63, 3.8) is 0 Å². The van der Waals surface area contributed by atoms with Gasteiger partial charge >= 0.3 is 0 Å². The van der Waals surface area contributed by atoms with E-state index in [-0.39, 0.29) is 27.8 Å². The number of nitrogens with zero attached hydrogens (tertiary/aromatic N) is 6. The molecule has 16 heteroatoms. The Hall–Kier alpha value is -3.52. The minimum absolute atomic E-state index is 0. The van der Waals surface area contributed by atoms with Gasteiger partial charge in [0.25, 0.3) is 0 Å². The van der Waals surface area contributed by atoms with Gasteiger partial charge in [-0.25, -0.2) is 19.9 Å². The molecule has 0 bridgehead atoms. The SMILES string of the molecule is CNc1cc(N2CCOCC2)nc(SCc2ccc(OC)cc2)n1.CNc1nc(SCc2ccc(OC)cc2)nc(N2CCOCC2)c1N.[CH3-].[Pd]. The summed E-state index contributed by atoms with van der Waals surface area (Å²) in [6.45, 7) is 6.16. The first-order valence-corrected chi connectivity index (χ1v) is 18.1. The molecule has 4 N–H and O–H groups in total. The third-order valence-corrected chi connectivity index (χ3v) is 9.63. The van der Waals surface area contributed by atoms with Crippen molar-refractivity contribution in [2.45, 2.75) is 21.8 Å². The molecule has 0 aliphatic carbocycles. The molecule has 13 nitrogen and oxygen atoms in total. The van der Waals surface area contributed by atoms with Crippen LogP contribution in [0.5, 0.6) is 11.5 Å². The van der Waals surface area contributed by atoms with Crippen molar-refractivity contribution >= 4 is 52.5 Å². The number of anilines is 5. The van der Waals surface area contributed by atoms with Gasteiger partial charge in [0.1, 0.15) is 28.8 Å². The number of methoxy groups -OCH3 is 2. The molecule has 0 amide bonds. The van der Waals surface area contributed by atoms with E-state index in [9.17, 15) is 0 Å². The van der Waals surface area contributed by atoms with E-state index in [0.717, 1.165) is 85.0 Å². The maximum Gasteiger partial charge on any atom is 0.191 e. The van der Waals surface area contributed by atoms with Crippen LogP contribution >= 0.6 is 23.5 Å². The average Bonchev–Trinajstić information content (AvgIpc) is 3.17. The van der Waals surface area contributed by atoms with Crippen LogP contribution in [0.3, 0.4) is 0 Å². The molecular formula is C35H48N9O4PdS2-. The summed E-state index contributed by atoms with van der Waals surface area (Å²) < 4.78 is 21.2. The van der Waals surface area contributed by atoms with Crippen molar-refractivity contribution in [2.24, 2.45) is 0 Å². The molecule has 2 aliphatic heterocycles. The second-order valence-corrected chi connectivity index (χ2v) is 12.8. The molecule has 2 aromatic carbocycles. The Balaban J connectivity index is 0.000000265. The molecule has 0 radical (unpaired) electrons. The van der Waals surface area contributed by atoms with E-state index in [1.54, 1.807) is 37.7 Å². The molecule has 280 valence electrons. The summed E-state index contributed by atoms with van der Waals surface area (Å²) in [6, 6.07) is 18.1. The molecule has 0 unspecified atom stereocenters. The Labute approximate surface area is 323 Å². The van der Waals surface area contributed by atoms with Gasteiger partial charge in [0.2, 0.25) is 0 Å². The van der Waals surface area contributed by atoms with E-state index in [4.69, 9.17) is 29.7 Å². The van der Waals surface area contributed by atoms with Crippen molar-refractivity contribution in [1.29, 1.82) is 0 Å². The zero-order chi connectivity index (χ0) is 34.4. The molecule has 4 aromatic rings. The average molecular weight is 829 g/mol. The molecule has 0 saturated carbocycles. The second-order valence-electron chi connectivity index (χ2n) is 11.0. The van der Waals surface area contributed by atoms with Crippen molar-refractivity contribution < 1.29 is 39.4 Å². The van der Waals surface area contributed by atoms with Crippen LogP contribution in [0.1, 0.15) is 11.1 Å². The minimum atomic E-state index is 0. The molecule has 0 spiro atoms. The van der Waals surface area contributed by atoms with Crippen LogP contribution in [0.2, 0.25) is 0 Å². The van der Waals surface area contributed by atoms with E-state index in [1.165, 1.54) is 11.1 Å². The first kappa shape index (κ1) is 41.9. The Kier molecular flexibility index (Phi) is 17.9. The van der Waals surface area contributed by atoms with E-state index in [1.807, 2.05) is 56.6 Å². The summed E-state index contributed by atoms with van der Waals surface area (Å²) in [7, 11) is 7.04. The fourth-order valence-corrected chi connectivity index (χ4v) is 6.61. The van der Waals surface area contributed by atoms with Crippen LogP contribution in [0, 0.1) is 7.43 Å².